The van der Waals surface area contributed by atoms with Crippen molar-refractivity contribution in [2.75, 3.05) is 6.54 Å². The molecule has 3 N–H and O–H groups in total. The summed E-state index contributed by atoms with van der Waals surface area (Å²) in [6, 6.07) is 8.71. The average molecular weight is 181 g/mol. The van der Waals surface area contributed by atoms with Gasteiger partial charge in [0.15, 0.2) is 0 Å². The molecule has 13 heavy (non-hydrogen) atoms. The van der Waals surface area contributed by atoms with Crippen LogP contribution in [0.2, 0.25) is 0 Å². The maximum absolute atomic E-state index is 8.63. The van der Waals surface area contributed by atoms with Crippen LogP contribution < -0.4 is 5.73 Å². The second-order valence-corrected chi connectivity index (χ2v) is 2.83. The minimum Gasteiger partial charge on any atom is -0.508 e. The van der Waals surface area contributed by atoms with Crippen molar-refractivity contribution in [1.29, 1.82) is 0 Å². The Bertz CT molecular complexity index is 183. The van der Waals surface area contributed by atoms with Gasteiger partial charge in [-0.15, -0.1) is 0 Å². The van der Waals surface area contributed by atoms with Gasteiger partial charge in [-0.25, -0.2) is 0 Å². The van der Waals surface area contributed by atoms with Gasteiger partial charge in [-0.1, -0.05) is 38.0 Å². The highest BCUT2D eigenvalue weighted by atomic mass is 16.3. The van der Waals surface area contributed by atoms with Gasteiger partial charge in [0.25, 0.3) is 0 Å². The lowest BCUT2D eigenvalue weighted by Crippen LogP contribution is -1.96. The van der Waals surface area contributed by atoms with Crippen LogP contribution in [0.15, 0.2) is 30.3 Å². The number of hydrogen-bond donors (Lipinski definition) is 2. The fourth-order valence-corrected chi connectivity index (χ4v) is 0.822. The van der Waals surface area contributed by atoms with Crippen LogP contribution in [0.3, 0.4) is 0 Å². The number of para-hydroxylation sites is 1. The Labute approximate surface area is 80.4 Å². The molecule has 0 saturated carbocycles. The highest BCUT2D eigenvalue weighted by molar-refractivity contribution is 5.18. The molecule has 0 aromatic heterocycles. The van der Waals surface area contributed by atoms with Crippen LogP contribution in [-0.2, 0) is 0 Å². The molecule has 0 aliphatic rings. The molecule has 1 rings (SSSR count). The Morgan fingerprint density at radius 1 is 1.15 bits per heavy atom. The second kappa shape index (κ2) is 9.07. The van der Waals surface area contributed by atoms with Crippen molar-refractivity contribution in [2.45, 2.75) is 26.2 Å². The molecule has 74 valence electrons. The van der Waals surface area contributed by atoms with E-state index in [0.717, 1.165) is 6.54 Å². The second-order valence-electron chi connectivity index (χ2n) is 2.83. The molecule has 0 heterocycles. The van der Waals surface area contributed by atoms with Gasteiger partial charge < -0.3 is 10.8 Å². The van der Waals surface area contributed by atoms with E-state index in [-0.39, 0.29) is 0 Å². The van der Waals surface area contributed by atoms with E-state index in [9.17, 15) is 0 Å². The van der Waals surface area contributed by atoms with Gasteiger partial charge in [0.2, 0.25) is 0 Å². The van der Waals surface area contributed by atoms with Gasteiger partial charge in [-0.2, -0.15) is 0 Å². The topological polar surface area (TPSA) is 46.2 Å². The fraction of sp³-hybridized carbons (Fsp3) is 0.455. The van der Waals surface area contributed by atoms with Crippen LogP contribution in [-0.4, -0.2) is 11.7 Å². The third-order valence-corrected chi connectivity index (χ3v) is 1.56. The first-order valence-electron chi connectivity index (χ1n) is 4.75. The summed E-state index contributed by atoms with van der Waals surface area (Å²) in [7, 11) is 0. The quantitative estimate of drug-likeness (QED) is 0.704. The summed E-state index contributed by atoms with van der Waals surface area (Å²) < 4.78 is 0. The number of phenols is 1. The molecular weight excluding hydrogens is 162 g/mol. The van der Waals surface area contributed by atoms with Crippen molar-refractivity contribution in [3.8, 4) is 5.75 Å². The zero-order valence-electron chi connectivity index (χ0n) is 8.24. The lowest BCUT2D eigenvalue weighted by molar-refractivity contribution is 0.475. The van der Waals surface area contributed by atoms with Gasteiger partial charge in [-0.05, 0) is 25.1 Å². The molecule has 0 fully saturated rings. The summed E-state index contributed by atoms with van der Waals surface area (Å²) in [5, 5.41) is 8.63. The van der Waals surface area contributed by atoms with E-state index in [4.69, 9.17) is 10.8 Å². The summed E-state index contributed by atoms with van der Waals surface area (Å²) in [5.41, 5.74) is 5.21. The maximum atomic E-state index is 8.63. The molecule has 0 bridgehead atoms. The Balaban J connectivity index is 0.000000226. The SMILES string of the molecule is CCCCCN.Oc1ccccc1. The molecule has 0 aliphatic heterocycles. The van der Waals surface area contributed by atoms with Crippen LogP contribution in [0.1, 0.15) is 26.2 Å². The van der Waals surface area contributed by atoms with Crippen LogP contribution in [0.5, 0.6) is 5.75 Å². The van der Waals surface area contributed by atoms with Crippen molar-refractivity contribution < 1.29 is 5.11 Å². The molecule has 1 aromatic rings. The first-order chi connectivity index (χ1) is 6.31. The summed E-state index contributed by atoms with van der Waals surface area (Å²) in [4.78, 5) is 0. The molecule has 0 amide bonds. The van der Waals surface area contributed by atoms with Crippen molar-refractivity contribution in [3.05, 3.63) is 30.3 Å². The standard InChI is InChI=1S/C6H6O.C5H13N/c7-6-4-2-1-3-5-6;1-2-3-4-5-6/h1-5,7H;2-6H2,1H3. The number of hydrogen-bond acceptors (Lipinski definition) is 2. The Hall–Kier alpha value is -1.02. The minimum atomic E-state index is 0.322. The van der Waals surface area contributed by atoms with E-state index < -0.39 is 0 Å². The van der Waals surface area contributed by atoms with Crippen LogP contribution >= 0.6 is 0 Å². The molecule has 0 spiro atoms. The molecule has 0 saturated heterocycles. The van der Waals surface area contributed by atoms with E-state index in [1.807, 2.05) is 6.07 Å². The zero-order chi connectivity index (χ0) is 9.94. The molecule has 1 aromatic carbocycles. The summed E-state index contributed by atoms with van der Waals surface area (Å²) >= 11 is 0. The highest BCUT2D eigenvalue weighted by Crippen LogP contribution is 2.02. The monoisotopic (exact) mass is 181 g/mol. The number of rotatable bonds is 3. The third-order valence-electron chi connectivity index (χ3n) is 1.56. The Morgan fingerprint density at radius 3 is 2.00 bits per heavy atom. The molecule has 0 atom stereocenters. The Morgan fingerprint density at radius 2 is 1.77 bits per heavy atom. The summed E-state index contributed by atoms with van der Waals surface area (Å²) in [6.45, 7) is 3.03. The molecule has 0 aliphatic carbocycles. The highest BCUT2D eigenvalue weighted by Gasteiger charge is 1.75. The number of unbranched alkanes of at least 4 members (excludes halogenated alkanes) is 2. The molecular formula is C11H19NO. The van der Waals surface area contributed by atoms with Crippen LogP contribution in [0.4, 0.5) is 0 Å². The van der Waals surface area contributed by atoms with Gasteiger partial charge in [0, 0.05) is 0 Å². The maximum Gasteiger partial charge on any atom is 0.115 e. The smallest absolute Gasteiger partial charge is 0.115 e. The van der Waals surface area contributed by atoms with Crippen molar-refractivity contribution in [2.24, 2.45) is 5.73 Å². The first-order valence-corrected chi connectivity index (χ1v) is 4.75. The minimum absolute atomic E-state index is 0.322. The molecule has 0 radical (unpaired) electrons. The van der Waals surface area contributed by atoms with Crippen molar-refractivity contribution >= 4 is 0 Å². The molecule has 2 nitrogen and oxygen atoms in total. The van der Waals surface area contributed by atoms with E-state index in [2.05, 4.69) is 6.92 Å². The fourth-order valence-electron chi connectivity index (χ4n) is 0.822. The normalized spacial score (nSPS) is 8.77. The Kier molecular flexibility index (Phi) is 8.36. The van der Waals surface area contributed by atoms with E-state index in [1.54, 1.807) is 24.3 Å². The van der Waals surface area contributed by atoms with E-state index >= 15 is 0 Å². The van der Waals surface area contributed by atoms with Crippen molar-refractivity contribution in [1.82, 2.24) is 0 Å². The number of aromatic hydroxyl groups is 1. The van der Waals surface area contributed by atoms with Crippen LogP contribution in [0, 0.1) is 0 Å². The average Bonchev–Trinajstić information content (AvgIpc) is 2.17. The first kappa shape index (κ1) is 12.0. The van der Waals surface area contributed by atoms with Gasteiger partial charge in [0.05, 0.1) is 0 Å². The summed E-state index contributed by atoms with van der Waals surface area (Å²) in [6.07, 6.45) is 3.75. The number of benzene rings is 1. The van der Waals surface area contributed by atoms with Crippen molar-refractivity contribution in [3.63, 3.8) is 0 Å². The van der Waals surface area contributed by atoms with Gasteiger partial charge in [0.1, 0.15) is 5.75 Å². The zero-order valence-corrected chi connectivity index (χ0v) is 8.24. The summed E-state index contributed by atoms with van der Waals surface area (Å²) in [5.74, 6) is 0.322. The third kappa shape index (κ3) is 8.89. The largest absolute Gasteiger partial charge is 0.508 e. The van der Waals surface area contributed by atoms with E-state index in [0.29, 0.717) is 5.75 Å². The van der Waals surface area contributed by atoms with E-state index in [1.165, 1.54) is 19.3 Å². The molecule has 0 unspecified atom stereocenters. The van der Waals surface area contributed by atoms with Crippen LogP contribution in [0.25, 0.3) is 0 Å². The van der Waals surface area contributed by atoms with Gasteiger partial charge >= 0.3 is 0 Å². The lowest BCUT2D eigenvalue weighted by Gasteiger charge is -1.86. The number of phenolic OH excluding ortho intramolecular Hbond substituents is 1. The van der Waals surface area contributed by atoms with Gasteiger partial charge in [-0.3, -0.25) is 0 Å². The predicted molar refractivity (Wildman–Crippen MR) is 56.7 cm³/mol. The predicted octanol–water partition coefficient (Wildman–Crippen LogP) is 2.53. The molecule has 2 heteroatoms. The number of nitrogens with two attached hydrogens (primary N) is 1. The lowest BCUT2D eigenvalue weighted by atomic mass is 10.3.